The summed E-state index contributed by atoms with van der Waals surface area (Å²) < 4.78 is 13.1. The molecular formula is C20H19FN2O. The first-order chi connectivity index (χ1) is 11.6. The average Bonchev–Trinajstić information content (AvgIpc) is 2.61. The molecule has 0 bridgehead atoms. The smallest absolute Gasteiger partial charge is 0.227 e. The highest BCUT2D eigenvalue weighted by molar-refractivity contribution is 5.87. The summed E-state index contributed by atoms with van der Waals surface area (Å²) >= 11 is 0. The van der Waals surface area contributed by atoms with Gasteiger partial charge in [-0.05, 0) is 36.2 Å². The molecule has 2 aromatic carbocycles. The van der Waals surface area contributed by atoms with Gasteiger partial charge in [-0.2, -0.15) is 0 Å². The van der Waals surface area contributed by atoms with Crippen molar-refractivity contribution in [2.45, 2.75) is 19.4 Å². The molecule has 0 N–H and O–H groups in total. The number of para-hydroxylation sites is 1. The van der Waals surface area contributed by atoms with E-state index in [4.69, 9.17) is 0 Å². The zero-order chi connectivity index (χ0) is 17.1. The topological polar surface area (TPSA) is 33.2 Å². The van der Waals surface area contributed by atoms with Gasteiger partial charge in [0.25, 0.3) is 0 Å². The quantitative estimate of drug-likeness (QED) is 0.723. The van der Waals surface area contributed by atoms with E-state index in [1.165, 1.54) is 12.1 Å². The van der Waals surface area contributed by atoms with Crippen LogP contribution in [0.1, 0.15) is 24.1 Å². The van der Waals surface area contributed by atoms with Crippen LogP contribution in [0.3, 0.4) is 0 Å². The van der Waals surface area contributed by atoms with Crippen LogP contribution in [0.2, 0.25) is 0 Å². The summed E-state index contributed by atoms with van der Waals surface area (Å²) in [5.74, 6) is -0.272. The van der Waals surface area contributed by atoms with E-state index in [-0.39, 0.29) is 24.2 Å². The van der Waals surface area contributed by atoms with Gasteiger partial charge in [-0.25, -0.2) is 4.39 Å². The van der Waals surface area contributed by atoms with E-state index in [0.717, 1.165) is 22.0 Å². The van der Waals surface area contributed by atoms with Gasteiger partial charge in [-0.15, -0.1) is 0 Å². The molecule has 0 aliphatic carbocycles. The van der Waals surface area contributed by atoms with Gasteiger partial charge in [0, 0.05) is 18.6 Å². The van der Waals surface area contributed by atoms with Crippen LogP contribution in [0.4, 0.5) is 4.39 Å². The van der Waals surface area contributed by atoms with Crippen molar-refractivity contribution in [1.29, 1.82) is 0 Å². The SMILES string of the molecule is CC(c1ccc(F)cc1)N(C)C(=O)Cc1cccc2cccnc12. The Kier molecular flexibility index (Phi) is 4.56. The maximum absolute atomic E-state index is 13.1. The first-order valence-corrected chi connectivity index (χ1v) is 7.90. The molecule has 24 heavy (non-hydrogen) atoms. The lowest BCUT2D eigenvalue weighted by molar-refractivity contribution is -0.131. The second kappa shape index (κ2) is 6.79. The predicted octanol–water partition coefficient (Wildman–Crippen LogP) is 4.14. The zero-order valence-electron chi connectivity index (χ0n) is 13.7. The van der Waals surface area contributed by atoms with E-state index in [9.17, 15) is 9.18 Å². The van der Waals surface area contributed by atoms with Gasteiger partial charge in [0.2, 0.25) is 5.91 Å². The van der Waals surface area contributed by atoms with E-state index >= 15 is 0 Å². The molecule has 3 aromatic rings. The standard InChI is InChI=1S/C20H19FN2O/c1-14(15-8-10-18(21)11-9-15)23(2)19(24)13-17-6-3-5-16-7-4-12-22-20(16)17/h3-12,14H,13H2,1-2H3. The van der Waals surface area contributed by atoms with Crippen LogP contribution >= 0.6 is 0 Å². The molecule has 0 aliphatic rings. The number of amides is 1. The van der Waals surface area contributed by atoms with Crippen molar-refractivity contribution in [2.24, 2.45) is 0 Å². The van der Waals surface area contributed by atoms with E-state index < -0.39 is 0 Å². The lowest BCUT2D eigenvalue weighted by atomic mass is 10.0. The molecule has 1 unspecified atom stereocenters. The number of fused-ring (bicyclic) bond motifs is 1. The van der Waals surface area contributed by atoms with Crippen LogP contribution in [-0.4, -0.2) is 22.8 Å². The van der Waals surface area contributed by atoms with Crippen LogP contribution in [0, 0.1) is 5.82 Å². The fourth-order valence-corrected chi connectivity index (χ4v) is 2.78. The van der Waals surface area contributed by atoms with Gasteiger partial charge in [0.05, 0.1) is 18.0 Å². The van der Waals surface area contributed by atoms with Crippen molar-refractivity contribution in [3.05, 3.63) is 77.7 Å². The summed E-state index contributed by atoms with van der Waals surface area (Å²) in [6.07, 6.45) is 2.03. The van der Waals surface area contributed by atoms with Crippen LogP contribution in [0.25, 0.3) is 10.9 Å². The molecule has 1 heterocycles. The second-order valence-corrected chi connectivity index (χ2v) is 5.90. The Morgan fingerprint density at radius 2 is 1.83 bits per heavy atom. The fraction of sp³-hybridized carbons (Fsp3) is 0.200. The molecule has 0 saturated carbocycles. The largest absolute Gasteiger partial charge is 0.339 e. The molecule has 122 valence electrons. The third-order valence-electron chi connectivity index (χ3n) is 4.38. The highest BCUT2D eigenvalue weighted by atomic mass is 19.1. The van der Waals surface area contributed by atoms with E-state index in [0.29, 0.717) is 0 Å². The molecule has 1 amide bonds. The van der Waals surface area contributed by atoms with E-state index in [1.54, 1.807) is 30.3 Å². The van der Waals surface area contributed by atoms with Crippen molar-refractivity contribution in [1.82, 2.24) is 9.88 Å². The fourth-order valence-electron chi connectivity index (χ4n) is 2.78. The molecule has 0 spiro atoms. The molecular weight excluding hydrogens is 303 g/mol. The molecule has 0 radical (unpaired) electrons. The molecule has 0 aliphatic heterocycles. The average molecular weight is 322 g/mol. The third kappa shape index (κ3) is 3.27. The van der Waals surface area contributed by atoms with Crippen LogP contribution in [0.15, 0.2) is 60.8 Å². The maximum Gasteiger partial charge on any atom is 0.227 e. The Morgan fingerprint density at radius 3 is 2.58 bits per heavy atom. The Balaban J connectivity index is 1.79. The number of hydrogen-bond acceptors (Lipinski definition) is 2. The minimum Gasteiger partial charge on any atom is -0.339 e. The molecule has 4 heteroatoms. The second-order valence-electron chi connectivity index (χ2n) is 5.90. The number of hydrogen-bond donors (Lipinski definition) is 0. The summed E-state index contributed by atoms with van der Waals surface area (Å²) in [6, 6.07) is 15.9. The maximum atomic E-state index is 13.1. The molecule has 3 nitrogen and oxygen atoms in total. The summed E-state index contributed by atoms with van der Waals surface area (Å²) in [5.41, 5.74) is 2.68. The van der Waals surface area contributed by atoms with Gasteiger partial charge in [0.15, 0.2) is 0 Å². The van der Waals surface area contributed by atoms with Crippen LogP contribution in [-0.2, 0) is 11.2 Å². The highest BCUT2D eigenvalue weighted by Gasteiger charge is 2.18. The Labute approximate surface area is 140 Å². The summed E-state index contributed by atoms with van der Waals surface area (Å²) in [6.45, 7) is 1.94. The van der Waals surface area contributed by atoms with Crippen molar-refractivity contribution in [3.63, 3.8) is 0 Å². The normalized spacial score (nSPS) is 12.1. The first kappa shape index (κ1) is 16.1. The Morgan fingerprint density at radius 1 is 1.12 bits per heavy atom. The van der Waals surface area contributed by atoms with Gasteiger partial charge in [-0.1, -0.05) is 36.4 Å². The number of likely N-dealkylation sites (N-methyl/N-ethyl adjacent to an activating group) is 1. The monoisotopic (exact) mass is 322 g/mol. The molecule has 0 saturated heterocycles. The number of carbonyl (C=O) groups excluding carboxylic acids is 1. The number of aromatic nitrogens is 1. The van der Waals surface area contributed by atoms with Gasteiger partial charge in [0.1, 0.15) is 5.82 Å². The van der Waals surface area contributed by atoms with Crippen molar-refractivity contribution >= 4 is 16.8 Å². The molecule has 1 atom stereocenters. The van der Waals surface area contributed by atoms with Crippen LogP contribution < -0.4 is 0 Å². The Bertz CT molecular complexity index is 856. The summed E-state index contributed by atoms with van der Waals surface area (Å²) in [5, 5.41) is 1.03. The van der Waals surface area contributed by atoms with E-state index in [1.807, 2.05) is 37.3 Å². The lowest BCUT2D eigenvalue weighted by Crippen LogP contribution is -2.31. The summed E-state index contributed by atoms with van der Waals surface area (Å²) in [4.78, 5) is 18.7. The van der Waals surface area contributed by atoms with Crippen LogP contribution in [0.5, 0.6) is 0 Å². The van der Waals surface area contributed by atoms with E-state index in [2.05, 4.69) is 4.98 Å². The minimum atomic E-state index is -0.276. The number of carbonyl (C=O) groups is 1. The zero-order valence-corrected chi connectivity index (χ0v) is 13.7. The highest BCUT2D eigenvalue weighted by Crippen LogP contribution is 2.22. The number of nitrogens with zero attached hydrogens (tertiary/aromatic N) is 2. The molecule has 3 rings (SSSR count). The van der Waals surface area contributed by atoms with Crippen molar-refractivity contribution in [2.75, 3.05) is 7.05 Å². The summed E-state index contributed by atoms with van der Waals surface area (Å²) in [7, 11) is 1.77. The number of benzene rings is 2. The Hall–Kier alpha value is -2.75. The van der Waals surface area contributed by atoms with Gasteiger partial charge < -0.3 is 4.90 Å². The van der Waals surface area contributed by atoms with Gasteiger partial charge in [-0.3, -0.25) is 9.78 Å². The van der Waals surface area contributed by atoms with Crippen molar-refractivity contribution in [3.8, 4) is 0 Å². The first-order valence-electron chi connectivity index (χ1n) is 7.90. The van der Waals surface area contributed by atoms with Gasteiger partial charge >= 0.3 is 0 Å². The van der Waals surface area contributed by atoms with Crippen molar-refractivity contribution < 1.29 is 9.18 Å². The lowest BCUT2D eigenvalue weighted by Gasteiger charge is -2.25. The molecule has 1 aromatic heterocycles. The number of rotatable bonds is 4. The minimum absolute atomic E-state index is 0.00461. The predicted molar refractivity (Wildman–Crippen MR) is 93.0 cm³/mol. The third-order valence-corrected chi connectivity index (χ3v) is 4.38. The number of halogens is 1. The molecule has 0 fully saturated rings. The number of pyridine rings is 1.